The molecule has 0 aliphatic heterocycles. The van der Waals surface area contributed by atoms with E-state index in [0.29, 0.717) is 12.5 Å². The molecule has 0 fully saturated rings. The van der Waals surface area contributed by atoms with Gasteiger partial charge in [0.15, 0.2) is 0 Å². The lowest BCUT2D eigenvalue weighted by molar-refractivity contribution is 0.480. The van der Waals surface area contributed by atoms with Gasteiger partial charge in [0, 0.05) is 24.2 Å². The molecule has 18 heavy (non-hydrogen) atoms. The van der Waals surface area contributed by atoms with Crippen molar-refractivity contribution >= 4 is 10.9 Å². The van der Waals surface area contributed by atoms with Crippen LogP contribution in [0, 0.1) is 5.92 Å². The summed E-state index contributed by atoms with van der Waals surface area (Å²) in [4.78, 5) is 4.48. The molecule has 1 atom stereocenters. The molecule has 0 aliphatic rings. The van der Waals surface area contributed by atoms with Gasteiger partial charge in [-0.15, -0.1) is 0 Å². The van der Waals surface area contributed by atoms with Crippen molar-refractivity contribution in [3.8, 4) is 0 Å². The Labute approximate surface area is 108 Å². The highest BCUT2D eigenvalue weighted by Crippen LogP contribution is 2.21. The first-order valence-corrected chi connectivity index (χ1v) is 6.49. The average Bonchev–Trinajstić information content (AvgIpc) is 2.39. The molecule has 0 spiro atoms. The molecule has 0 radical (unpaired) electrons. The molecule has 1 aromatic heterocycles. The van der Waals surface area contributed by atoms with Crippen molar-refractivity contribution in [3.63, 3.8) is 0 Å². The Bertz CT molecular complexity index is 503. The number of pyridine rings is 1. The van der Waals surface area contributed by atoms with Gasteiger partial charge in [-0.25, -0.2) is 0 Å². The number of hydrogen-bond acceptors (Lipinski definition) is 3. The fraction of sp³-hybridized carbons (Fsp3) is 0.400. The third-order valence-electron chi connectivity index (χ3n) is 3.05. The van der Waals surface area contributed by atoms with Gasteiger partial charge in [-0.3, -0.25) is 4.98 Å². The van der Waals surface area contributed by atoms with Crippen molar-refractivity contribution in [1.82, 2.24) is 10.3 Å². The average molecular weight is 243 g/mol. The predicted molar refractivity (Wildman–Crippen MR) is 76.4 cm³/mol. The van der Waals surface area contributed by atoms with E-state index in [0.717, 1.165) is 12.1 Å². The molecule has 0 saturated carbocycles. The van der Waals surface area contributed by atoms with Gasteiger partial charge in [-0.05, 0) is 24.1 Å². The molecule has 0 saturated heterocycles. The Morgan fingerprint density at radius 2 is 2.00 bits per heavy atom. The summed E-state index contributed by atoms with van der Waals surface area (Å²) in [6.45, 7) is 5.94. The summed E-state index contributed by atoms with van der Waals surface area (Å²) < 4.78 is 0. The lowest BCUT2D eigenvalue weighted by Crippen LogP contribution is -2.31. The number of nitrogens with two attached hydrogens (primary N) is 1. The molecular weight excluding hydrogens is 222 g/mol. The van der Waals surface area contributed by atoms with E-state index in [1.807, 2.05) is 12.3 Å². The van der Waals surface area contributed by atoms with E-state index in [1.165, 1.54) is 10.9 Å². The van der Waals surface area contributed by atoms with E-state index in [2.05, 4.69) is 48.4 Å². The quantitative estimate of drug-likeness (QED) is 0.848. The van der Waals surface area contributed by atoms with Crippen LogP contribution in [0.4, 0.5) is 0 Å². The molecular formula is C15H21N3. The molecule has 0 bridgehead atoms. The first-order chi connectivity index (χ1) is 8.72. The highest BCUT2D eigenvalue weighted by Gasteiger charge is 2.13. The normalized spacial score (nSPS) is 13.1. The third kappa shape index (κ3) is 2.86. The van der Waals surface area contributed by atoms with E-state index < -0.39 is 0 Å². The zero-order valence-electron chi connectivity index (χ0n) is 11.1. The zero-order valence-corrected chi connectivity index (χ0v) is 11.1. The van der Waals surface area contributed by atoms with Crippen LogP contribution in [-0.4, -0.2) is 18.1 Å². The molecule has 2 aromatic rings. The summed E-state index contributed by atoms with van der Waals surface area (Å²) >= 11 is 0. The van der Waals surface area contributed by atoms with Crippen LogP contribution < -0.4 is 11.1 Å². The van der Waals surface area contributed by atoms with Gasteiger partial charge in [-0.1, -0.05) is 38.1 Å². The molecule has 1 heterocycles. The molecule has 3 N–H and O–H groups in total. The van der Waals surface area contributed by atoms with E-state index >= 15 is 0 Å². The van der Waals surface area contributed by atoms with Gasteiger partial charge in [0.25, 0.3) is 0 Å². The summed E-state index contributed by atoms with van der Waals surface area (Å²) in [7, 11) is 0. The summed E-state index contributed by atoms with van der Waals surface area (Å²) in [5.74, 6) is 0.613. The molecule has 96 valence electrons. The standard InChI is InChI=1S/C15H21N3/c1-11(2)10-18-14(9-16)13-7-3-5-12-6-4-8-17-15(12)13/h3-8,11,14,18H,9-10,16H2,1-2H3. The van der Waals surface area contributed by atoms with Gasteiger partial charge < -0.3 is 11.1 Å². The Morgan fingerprint density at radius 1 is 1.22 bits per heavy atom. The van der Waals surface area contributed by atoms with Crippen molar-refractivity contribution in [3.05, 3.63) is 42.1 Å². The number of nitrogens with one attached hydrogen (secondary N) is 1. The second kappa shape index (κ2) is 5.94. The van der Waals surface area contributed by atoms with Crippen molar-refractivity contribution in [2.75, 3.05) is 13.1 Å². The van der Waals surface area contributed by atoms with Crippen molar-refractivity contribution < 1.29 is 0 Å². The van der Waals surface area contributed by atoms with E-state index in [4.69, 9.17) is 5.73 Å². The van der Waals surface area contributed by atoms with Crippen LogP contribution in [0.25, 0.3) is 10.9 Å². The fourth-order valence-electron chi connectivity index (χ4n) is 2.11. The molecule has 2 rings (SSSR count). The molecule has 0 aliphatic carbocycles. The highest BCUT2D eigenvalue weighted by atomic mass is 14.9. The number of para-hydroxylation sites is 1. The first-order valence-electron chi connectivity index (χ1n) is 6.49. The Balaban J connectivity index is 2.32. The van der Waals surface area contributed by atoms with Crippen molar-refractivity contribution in [2.24, 2.45) is 11.7 Å². The third-order valence-corrected chi connectivity index (χ3v) is 3.05. The minimum absolute atomic E-state index is 0.172. The predicted octanol–water partition coefficient (Wildman–Crippen LogP) is 2.48. The summed E-state index contributed by atoms with van der Waals surface area (Å²) in [5.41, 5.74) is 8.13. The number of benzene rings is 1. The Morgan fingerprint density at radius 3 is 2.72 bits per heavy atom. The summed E-state index contributed by atoms with van der Waals surface area (Å²) in [6.07, 6.45) is 1.84. The van der Waals surface area contributed by atoms with Crippen LogP contribution in [0.2, 0.25) is 0 Å². The molecule has 3 nitrogen and oxygen atoms in total. The molecule has 1 unspecified atom stereocenters. The lowest BCUT2D eigenvalue weighted by Gasteiger charge is -2.19. The van der Waals surface area contributed by atoms with Gasteiger partial charge in [0.2, 0.25) is 0 Å². The summed E-state index contributed by atoms with van der Waals surface area (Å²) in [5, 5.41) is 4.68. The Hall–Kier alpha value is -1.45. The number of nitrogens with zero attached hydrogens (tertiary/aromatic N) is 1. The number of fused-ring (bicyclic) bond motifs is 1. The van der Waals surface area contributed by atoms with Crippen LogP contribution in [0.15, 0.2) is 36.5 Å². The van der Waals surface area contributed by atoms with Gasteiger partial charge in [-0.2, -0.15) is 0 Å². The lowest BCUT2D eigenvalue weighted by atomic mass is 10.0. The van der Waals surface area contributed by atoms with Crippen LogP contribution >= 0.6 is 0 Å². The summed E-state index contributed by atoms with van der Waals surface area (Å²) in [6, 6.07) is 10.5. The second-order valence-corrected chi connectivity index (χ2v) is 5.01. The molecule has 3 heteroatoms. The molecule has 0 amide bonds. The minimum Gasteiger partial charge on any atom is -0.329 e. The van der Waals surface area contributed by atoms with Gasteiger partial charge in [0.1, 0.15) is 0 Å². The SMILES string of the molecule is CC(C)CNC(CN)c1cccc2cccnc12. The monoisotopic (exact) mass is 243 g/mol. The van der Waals surface area contributed by atoms with Crippen LogP contribution in [-0.2, 0) is 0 Å². The largest absolute Gasteiger partial charge is 0.329 e. The topological polar surface area (TPSA) is 50.9 Å². The fourth-order valence-corrected chi connectivity index (χ4v) is 2.11. The maximum Gasteiger partial charge on any atom is 0.0750 e. The number of hydrogen-bond donors (Lipinski definition) is 2. The van der Waals surface area contributed by atoms with Crippen molar-refractivity contribution in [1.29, 1.82) is 0 Å². The number of aromatic nitrogens is 1. The second-order valence-electron chi connectivity index (χ2n) is 5.01. The van der Waals surface area contributed by atoms with Gasteiger partial charge in [0.05, 0.1) is 5.52 Å². The zero-order chi connectivity index (χ0) is 13.0. The minimum atomic E-state index is 0.172. The highest BCUT2D eigenvalue weighted by molar-refractivity contribution is 5.82. The van der Waals surface area contributed by atoms with Crippen LogP contribution in [0.3, 0.4) is 0 Å². The first kappa shape index (κ1) is 13.0. The van der Waals surface area contributed by atoms with E-state index in [-0.39, 0.29) is 6.04 Å². The van der Waals surface area contributed by atoms with E-state index in [1.54, 1.807) is 0 Å². The van der Waals surface area contributed by atoms with E-state index in [9.17, 15) is 0 Å². The Kier molecular flexibility index (Phi) is 4.28. The van der Waals surface area contributed by atoms with Gasteiger partial charge >= 0.3 is 0 Å². The molecule has 1 aromatic carbocycles. The smallest absolute Gasteiger partial charge is 0.0750 e. The van der Waals surface area contributed by atoms with Crippen molar-refractivity contribution in [2.45, 2.75) is 19.9 Å². The maximum atomic E-state index is 5.89. The van der Waals surface area contributed by atoms with Crippen LogP contribution in [0.1, 0.15) is 25.5 Å². The maximum absolute atomic E-state index is 5.89. The van der Waals surface area contributed by atoms with Crippen LogP contribution in [0.5, 0.6) is 0 Å². The number of rotatable bonds is 5.